The maximum Gasteiger partial charge on any atom is 0.126 e. The van der Waals surface area contributed by atoms with Crippen LogP contribution >= 0.6 is 15.8 Å². The molecule has 4 nitrogen and oxygen atoms in total. The highest BCUT2D eigenvalue weighted by molar-refractivity contribution is 7.75. The second-order valence-corrected chi connectivity index (χ2v) is 15.2. The normalized spacial score (nSPS) is 17.4. The first kappa shape index (κ1) is 29.4. The van der Waals surface area contributed by atoms with Crippen LogP contribution in [0.15, 0.2) is 97.1 Å². The van der Waals surface area contributed by atoms with E-state index in [2.05, 4.69) is 104 Å². The van der Waals surface area contributed by atoms with Gasteiger partial charge in [0.25, 0.3) is 0 Å². The Morgan fingerprint density at radius 2 is 0.902 bits per heavy atom. The SMILES string of the molecule is COc1ccccc1P(c1ccccc1OC)C(C)C1CCC[C@@H]1P(c1ccccc1OC)c1ccccc1OC. The molecule has 4 aromatic carbocycles. The van der Waals surface area contributed by atoms with Gasteiger partial charge < -0.3 is 18.9 Å². The van der Waals surface area contributed by atoms with Gasteiger partial charge in [-0.15, -0.1) is 0 Å². The molecule has 0 heterocycles. The van der Waals surface area contributed by atoms with Crippen LogP contribution in [0.1, 0.15) is 26.2 Å². The minimum Gasteiger partial charge on any atom is -0.496 e. The maximum atomic E-state index is 5.97. The van der Waals surface area contributed by atoms with Crippen molar-refractivity contribution >= 4 is 37.1 Å². The summed E-state index contributed by atoms with van der Waals surface area (Å²) in [5.74, 6) is 4.31. The van der Waals surface area contributed by atoms with Crippen LogP contribution in [0.2, 0.25) is 0 Å². The molecule has 4 aromatic rings. The Bertz CT molecular complexity index is 1350. The summed E-state index contributed by atoms with van der Waals surface area (Å²) in [6.07, 6.45) is 3.58. The minimum atomic E-state index is -0.790. The molecule has 0 N–H and O–H groups in total. The second-order valence-electron chi connectivity index (χ2n) is 10.3. The summed E-state index contributed by atoms with van der Waals surface area (Å²) in [4.78, 5) is 0. The van der Waals surface area contributed by atoms with Gasteiger partial charge in [-0.25, -0.2) is 0 Å². The van der Waals surface area contributed by atoms with E-state index in [-0.39, 0.29) is 0 Å². The molecular formula is C35H40O4P2. The number of rotatable bonds is 11. The van der Waals surface area contributed by atoms with Gasteiger partial charge >= 0.3 is 0 Å². The van der Waals surface area contributed by atoms with Gasteiger partial charge in [-0.05, 0) is 70.2 Å². The predicted molar refractivity (Wildman–Crippen MR) is 175 cm³/mol. The van der Waals surface area contributed by atoms with Crippen molar-refractivity contribution in [1.82, 2.24) is 0 Å². The highest BCUT2D eigenvalue weighted by Crippen LogP contribution is 2.59. The topological polar surface area (TPSA) is 36.9 Å². The Morgan fingerprint density at radius 1 is 0.537 bits per heavy atom. The molecule has 1 aliphatic carbocycles. The third kappa shape index (κ3) is 5.97. The van der Waals surface area contributed by atoms with Crippen molar-refractivity contribution in [3.8, 4) is 23.0 Å². The van der Waals surface area contributed by atoms with Crippen LogP contribution in [-0.4, -0.2) is 39.8 Å². The Balaban J connectivity index is 1.66. The number of ether oxygens (including phenoxy) is 4. The molecule has 2 unspecified atom stereocenters. The van der Waals surface area contributed by atoms with Crippen molar-refractivity contribution < 1.29 is 18.9 Å². The van der Waals surface area contributed by atoms with E-state index < -0.39 is 15.8 Å². The molecule has 0 radical (unpaired) electrons. The Kier molecular flexibility index (Phi) is 9.86. The fourth-order valence-electron chi connectivity index (χ4n) is 6.41. The number of benzene rings is 4. The van der Waals surface area contributed by atoms with Gasteiger partial charge in [0, 0.05) is 21.2 Å². The molecule has 0 aromatic heterocycles. The van der Waals surface area contributed by atoms with E-state index in [0.29, 0.717) is 17.2 Å². The molecule has 3 atom stereocenters. The quantitative estimate of drug-likeness (QED) is 0.180. The Hall–Kier alpha value is -3.06. The van der Waals surface area contributed by atoms with Crippen LogP contribution in [0.4, 0.5) is 0 Å². The van der Waals surface area contributed by atoms with Gasteiger partial charge in [0.15, 0.2) is 0 Å². The third-order valence-electron chi connectivity index (χ3n) is 8.27. The fourth-order valence-corrected chi connectivity index (χ4v) is 13.2. The summed E-state index contributed by atoms with van der Waals surface area (Å²) in [6, 6.07) is 34.2. The third-order valence-corrected chi connectivity index (χ3v) is 14.3. The van der Waals surface area contributed by atoms with Crippen molar-refractivity contribution in [3.63, 3.8) is 0 Å². The Morgan fingerprint density at radius 3 is 1.32 bits per heavy atom. The fraction of sp³-hybridized carbons (Fsp3) is 0.314. The van der Waals surface area contributed by atoms with Crippen LogP contribution in [0.5, 0.6) is 23.0 Å². The first-order chi connectivity index (χ1) is 20.1. The number of para-hydroxylation sites is 4. The standard InChI is InChI=1S/C35H40O4P2/c1-25(40(32-20-10-6-16-27(32)36-2)33-21-11-7-17-28(33)37-3)26-15-14-24-31(26)41(34-22-12-8-18-29(34)38-4)35-23-13-9-19-30(35)39-5/h6-13,16-23,25-26,31H,14-15,24H2,1-5H3/t25?,26?,31-/m0/s1. The summed E-state index contributed by atoms with van der Waals surface area (Å²) in [7, 11) is 5.57. The molecule has 41 heavy (non-hydrogen) atoms. The molecule has 1 aliphatic rings. The molecule has 5 rings (SSSR count). The van der Waals surface area contributed by atoms with E-state index >= 15 is 0 Å². The van der Waals surface area contributed by atoms with E-state index in [4.69, 9.17) is 18.9 Å². The van der Waals surface area contributed by atoms with Crippen LogP contribution in [-0.2, 0) is 0 Å². The summed E-state index contributed by atoms with van der Waals surface area (Å²) in [5, 5.41) is 5.12. The number of methoxy groups -OCH3 is 4. The molecule has 1 saturated carbocycles. The van der Waals surface area contributed by atoms with E-state index in [1.165, 1.54) is 40.5 Å². The van der Waals surface area contributed by atoms with Gasteiger partial charge in [-0.3, -0.25) is 0 Å². The lowest BCUT2D eigenvalue weighted by Gasteiger charge is -2.38. The lowest BCUT2D eigenvalue weighted by atomic mass is 10.0. The Labute approximate surface area is 247 Å². The first-order valence-electron chi connectivity index (χ1n) is 14.2. The van der Waals surface area contributed by atoms with Crippen LogP contribution in [0.3, 0.4) is 0 Å². The van der Waals surface area contributed by atoms with Crippen molar-refractivity contribution in [2.24, 2.45) is 5.92 Å². The molecule has 1 fully saturated rings. The molecule has 214 valence electrons. The van der Waals surface area contributed by atoms with Crippen LogP contribution in [0.25, 0.3) is 0 Å². The summed E-state index contributed by atoms with van der Waals surface area (Å²) in [6.45, 7) is 2.46. The largest absolute Gasteiger partial charge is 0.496 e. The van der Waals surface area contributed by atoms with E-state index in [0.717, 1.165) is 23.0 Å². The van der Waals surface area contributed by atoms with Gasteiger partial charge in [0.2, 0.25) is 0 Å². The van der Waals surface area contributed by atoms with E-state index in [1.807, 2.05) is 0 Å². The van der Waals surface area contributed by atoms with Crippen LogP contribution in [0, 0.1) is 5.92 Å². The molecule has 0 bridgehead atoms. The smallest absolute Gasteiger partial charge is 0.126 e. The van der Waals surface area contributed by atoms with Crippen molar-refractivity contribution in [3.05, 3.63) is 97.1 Å². The number of hydrogen-bond acceptors (Lipinski definition) is 4. The summed E-state index contributed by atoms with van der Waals surface area (Å²) < 4.78 is 23.8. The highest BCUT2D eigenvalue weighted by Gasteiger charge is 2.43. The van der Waals surface area contributed by atoms with Gasteiger partial charge in [-0.1, -0.05) is 86.1 Å². The van der Waals surface area contributed by atoms with E-state index in [9.17, 15) is 0 Å². The minimum absolute atomic E-state index is 0.388. The maximum absolute atomic E-state index is 5.97. The molecule has 0 aliphatic heterocycles. The van der Waals surface area contributed by atoms with Crippen LogP contribution < -0.4 is 40.2 Å². The molecule has 6 heteroatoms. The average molecular weight is 587 g/mol. The zero-order valence-electron chi connectivity index (χ0n) is 24.6. The molecule has 0 spiro atoms. The lowest BCUT2D eigenvalue weighted by molar-refractivity contribution is 0.417. The highest BCUT2D eigenvalue weighted by atomic mass is 31.1. The monoisotopic (exact) mass is 586 g/mol. The zero-order chi connectivity index (χ0) is 28.8. The molecule has 0 saturated heterocycles. The molecular weight excluding hydrogens is 546 g/mol. The lowest BCUT2D eigenvalue weighted by Crippen LogP contribution is -2.34. The number of hydrogen-bond donors (Lipinski definition) is 0. The van der Waals surface area contributed by atoms with Crippen molar-refractivity contribution in [1.29, 1.82) is 0 Å². The van der Waals surface area contributed by atoms with Gasteiger partial charge in [0.05, 0.1) is 28.4 Å². The first-order valence-corrected chi connectivity index (χ1v) is 17.1. The summed E-state index contributed by atoms with van der Waals surface area (Å²) >= 11 is 0. The summed E-state index contributed by atoms with van der Waals surface area (Å²) in [5.41, 5.74) is 0.863. The predicted octanol–water partition coefficient (Wildman–Crippen LogP) is 6.84. The zero-order valence-corrected chi connectivity index (χ0v) is 26.4. The van der Waals surface area contributed by atoms with Crippen molar-refractivity contribution in [2.45, 2.75) is 37.5 Å². The van der Waals surface area contributed by atoms with Crippen molar-refractivity contribution in [2.75, 3.05) is 28.4 Å². The van der Waals surface area contributed by atoms with Gasteiger partial charge in [0.1, 0.15) is 23.0 Å². The van der Waals surface area contributed by atoms with Gasteiger partial charge in [-0.2, -0.15) is 0 Å². The molecule has 0 amide bonds. The second kappa shape index (κ2) is 13.7. The average Bonchev–Trinajstić information content (AvgIpc) is 3.52. The van der Waals surface area contributed by atoms with E-state index in [1.54, 1.807) is 28.4 Å².